The minimum absolute atomic E-state index is 0. The summed E-state index contributed by atoms with van der Waals surface area (Å²) in [5.74, 6) is 0.544. The highest BCUT2D eigenvalue weighted by atomic mass is 35.5. The minimum atomic E-state index is -3.52. The molecule has 34 heavy (non-hydrogen) atoms. The maximum atomic E-state index is 13.4. The molecule has 6 rings (SSSR count). The summed E-state index contributed by atoms with van der Waals surface area (Å²) in [6.45, 7) is 4.32. The molecule has 1 fully saturated rings. The Morgan fingerprint density at radius 1 is 0.824 bits per heavy atom. The van der Waals surface area contributed by atoms with Gasteiger partial charge in [0.25, 0.3) is 0 Å². The van der Waals surface area contributed by atoms with Crippen molar-refractivity contribution >= 4 is 44.4 Å². The lowest BCUT2D eigenvalue weighted by atomic mass is 9.94. The van der Waals surface area contributed by atoms with Gasteiger partial charge < -0.3 is 4.42 Å². The van der Waals surface area contributed by atoms with Crippen molar-refractivity contribution in [3.63, 3.8) is 0 Å². The van der Waals surface area contributed by atoms with E-state index in [9.17, 15) is 8.42 Å². The van der Waals surface area contributed by atoms with Gasteiger partial charge in [-0.25, -0.2) is 8.42 Å². The summed E-state index contributed by atoms with van der Waals surface area (Å²) >= 11 is 0. The molecule has 0 spiro atoms. The summed E-state index contributed by atoms with van der Waals surface area (Å²) in [6, 6.07) is 21.7. The van der Waals surface area contributed by atoms with Crippen molar-refractivity contribution in [2.75, 3.05) is 26.2 Å². The number of rotatable bonds is 4. The van der Waals surface area contributed by atoms with E-state index in [0.717, 1.165) is 60.8 Å². The van der Waals surface area contributed by atoms with Crippen LogP contribution in [0.3, 0.4) is 0 Å². The molecule has 5 nitrogen and oxygen atoms in total. The van der Waals surface area contributed by atoms with Gasteiger partial charge in [0.05, 0.1) is 4.90 Å². The standard InChI is InChI=1S/C27H28N2O3S.ClH/c30-33(31,23-9-10-27-25(17-23)24-7-3-4-8-26(24)32-27)29-15-11-20(12-16-29)18-28-14-13-21-5-1-2-6-22(21)19-28;/h1-10,17,20H,11-16,18-19H2;1H. The van der Waals surface area contributed by atoms with Crippen LogP contribution in [0, 0.1) is 5.92 Å². The molecule has 0 unspecified atom stereocenters. The van der Waals surface area contributed by atoms with Crippen molar-refractivity contribution in [1.29, 1.82) is 0 Å². The molecule has 0 atom stereocenters. The van der Waals surface area contributed by atoms with E-state index in [1.54, 1.807) is 22.5 Å². The molecule has 2 aliphatic rings. The van der Waals surface area contributed by atoms with Crippen LogP contribution in [0.25, 0.3) is 21.9 Å². The summed E-state index contributed by atoms with van der Waals surface area (Å²) in [5.41, 5.74) is 4.41. The lowest BCUT2D eigenvalue weighted by molar-refractivity contribution is 0.171. The molecule has 0 aliphatic carbocycles. The first-order valence-electron chi connectivity index (χ1n) is 11.8. The van der Waals surface area contributed by atoms with Crippen molar-refractivity contribution < 1.29 is 12.8 Å². The van der Waals surface area contributed by atoms with Gasteiger partial charge in [0.15, 0.2) is 0 Å². The second-order valence-electron chi connectivity index (χ2n) is 9.36. The van der Waals surface area contributed by atoms with Crippen LogP contribution in [0.4, 0.5) is 0 Å². The van der Waals surface area contributed by atoms with E-state index in [4.69, 9.17) is 4.42 Å². The number of nitrogens with zero attached hydrogens (tertiary/aromatic N) is 2. The van der Waals surface area contributed by atoms with Crippen LogP contribution in [-0.4, -0.2) is 43.8 Å². The van der Waals surface area contributed by atoms with Gasteiger partial charge >= 0.3 is 0 Å². The molecule has 178 valence electrons. The van der Waals surface area contributed by atoms with Crippen LogP contribution in [0.1, 0.15) is 24.0 Å². The summed E-state index contributed by atoms with van der Waals surface area (Å²) in [6.07, 6.45) is 2.93. The molecule has 4 aromatic rings. The SMILES string of the molecule is Cl.O=S(=O)(c1ccc2oc3ccccc3c2c1)N1CCC(CN2CCc3ccccc3C2)CC1. The lowest BCUT2D eigenvalue weighted by Crippen LogP contribution is -2.42. The average Bonchev–Trinajstić information content (AvgIpc) is 3.22. The van der Waals surface area contributed by atoms with Crippen LogP contribution < -0.4 is 0 Å². The van der Waals surface area contributed by atoms with Crippen molar-refractivity contribution in [3.8, 4) is 0 Å². The molecule has 7 heteroatoms. The molecule has 1 saturated heterocycles. The fourth-order valence-corrected chi connectivity index (χ4v) is 6.92. The van der Waals surface area contributed by atoms with Crippen LogP contribution in [-0.2, 0) is 23.0 Å². The second kappa shape index (κ2) is 9.34. The molecular formula is C27H29ClN2O3S. The molecule has 0 radical (unpaired) electrons. The van der Waals surface area contributed by atoms with Crippen molar-refractivity contribution in [1.82, 2.24) is 9.21 Å². The Bertz CT molecular complexity index is 1420. The highest BCUT2D eigenvalue weighted by molar-refractivity contribution is 7.89. The first kappa shape index (κ1) is 23.4. The number of halogens is 1. The Morgan fingerprint density at radius 3 is 2.35 bits per heavy atom. The molecular weight excluding hydrogens is 468 g/mol. The third kappa shape index (κ3) is 4.24. The minimum Gasteiger partial charge on any atom is -0.456 e. The number of hydrogen-bond acceptors (Lipinski definition) is 4. The maximum absolute atomic E-state index is 13.4. The Hall–Kier alpha value is -2.38. The molecule has 0 saturated carbocycles. The number of sulfonamides is 1. The van der Waals surface area contributed by atoms with E-state index in [1.165, 1.54) is 11.1 Å². The fourth-order valence-electron chi connectivity index (χ4n) is 5.42. The molecule has 0 amide bonds. The topological polar surface area (TPSA) is 53.8 Å². The van der Waals surface area contributed by atoms with Crippen LogP contribution in [0.2, 0.25) is 0 Å². The molecule has 0 bridgehead atoms. The van der Waals surface area contributed by atoms with Crippen molar-refractivity contribution in [3.05, 3.63) is 77.9 Å². The van der Waals surface area contributed by atoms with E-state index >= 15 is 0 Å². The summed E-state index contributed by atoms with van der Waals surface area (Å²) < 4.78 is 34.3. The van der Waals surface area contributed by atoms with Crippen LogP contribution >= 0.6 is 12.4 Å². The van der Waals surface area contributed by atoms with Gasteiger partial charge in [0.2, 0.25) is 10.0 Å². The van der Waals surface area contributed by atoms with E-state index < -0.39 is 10.0 Å². The van der Waals surface area contributed by atoms with Crippen LogP contribution in [0.15, 0.2) is 76.0 Å². The molecule has 2 aliphatic heterocycles. The highest BCUT2D eigenvalue weighted by Gasteiger charge is 2.31. The Balaban J connectivity index is 0.00000241. The largest absolute Gasteiger partial charge is 0.456 e. The van der Waals surface area contributed by atoms with Gasteiger partial charge in [-0.05, 0) is 60.6 Å². The number of hydrogen-bond donors (Lipinski definition) is 0. The number of benzene rings is 3. The smallest absolute Gasteiger partial charge is 0.243 e. The van der Waals surface area contributed by atoms with E-state index in [-0.39, 0.29) is 12.4 Å². The second-order valence-corrected chi connectivity index (χ2v) is 11.3. The molecule has 0 N–H and O–H groups in total. The Labute approximate surface area is 206 Å². The fraction of sp³-hybridized carbons (Fsp3) is 0.333. The lowest BCUT2D eigenvalue weighted by Gasteiger charge is -2.36. The zero-order valence-electron chi connectivity index (χ0n) is 19.0. The zero-order chi connectivity index (χ0) is 22.4. The van der Waals surface area contributed by atoms with Crippen LogP contribution in [0.5, 0.6) is 0 Å². The highest BCUT2D eigenvalue weighted by Crippen LogP contribution is 2.32. The number of fused-ring (bicyclic) bond motifs is 4. The average molecular weight is 497 g/mol. The predicted molar refractivity (Wildman–Crippen MR) is 138 cm³/mol. The van der Waals surface area contributed by atoms with E-state index in [0.29, 0.717) is 23.9 Å². The monoisotopic (exact) mass is 496 g/mol. The quantitative estimate of drug-likeness (QED) is 0.376. The van der Waals surface area contributed by atoms with E-state index in [1.807, 2.05) is 24.3 Å². The van der Waals surface area contributed by atoms with Crippen molar-refractivity contribution in [2.24, 2.45) is 5.92 Å². The predicted octanol–water partition coefficient (Wildman–Crippen LogP) is 5.47. The Kier molecular flexibility index (Phi) is 6.42. The van der Waals surface area contributed by atoms with E-state index in [2.05, 4.69) is 29.2 Å². The van der Waals surface area contributed by atoms with Gasteiger partial charge in [0, 0.05) is 43.5 Å². The maximum Gasteiger partial charge on any atom is 0.243 e. The third-order valence-corrected chi connectivity index (χ3v) is 9.18. The number of para-hydroxylation sites is 1. The molecule has 3 heterocycles. The summed E-state index contributed by atoms with van der Waals surface area (Å²) in [4.78, 5) is 2.89. The first-order valence-corrected chi connectivity index (χ1v) is 13.2. The number of furan rings is 1. The zero-order valence-corrected chi connectivity index (χ0v) is 20.7. The third-order valence-electron chi connectivity index (χ3n) is 7.29. The summed E-state index contributed by atoms with van der Waals surface area (Å²) in [5, 5.41) is 1.80. The van der Waals surface area contributed by atoms with Gasteiger partial charge in [-0.3, -0.25) is 4.90 Å². The Morgan fingerprint density at radius 2 is 1.53 bits per heavy atom. The van der Waals surface area contributed by atoms with Gasteiger partial charge in [-0.1, -0.05) is 42.5 Å². The normalized spacial score (nSPS) is 18.1. The van der Waals surface area contributed by atoms with Crippen molar-refractivity contribution in [2.45, 2.75) is 30.7 Å². The van der Waals surface area contributed by atoms with Gasteiger partial charge in [-0.2, -0.15) is 4.31 Å². The first-order chi connectivity index (χ1) is 16.1. The summed E-state index contributed by atoms with van der Waals surface area (Å²) in [7, 11) is -3.52. The number of piperidine rings is 1. The van der Waals surface area contributed by atoms with Gasteiger partial charge in [-0.15, -0.1) is 12.4 Å². The molecule has 3 aromatic carbocycles. The molecule has 1 aromatic heterocycles. The van der Waals surface area contributed by atoms with Gasteiger partial charge in [0.1, 0.15) is 11.2 Å².